The zero-order chi connectivity index (χ0) is 24.4. The fraction of sp³-hybridized carbons (Fsp3) is 0.500. The Bertz CT molecular complexity index is 1120. The molecule has 3 heterocycles. The van der Waals surface area contributed by atoms with E-state index in [0.29, 0.717) is 29.8 Å². The highest BCUT2D eigenvalue weighted by Gasteiger charge is 2.41. The maximum atomic E-state index is 11.9. The number of anilines is 1. The minimum atomic E-state index is -5.58. The molecule has 33 heavy (non-hydrogen) atoms. The minimum Gasteiger partial charge on any atom is -0.352 e. The molecule has 0 bridgehead atoms. The zero-order valence-corrected chi connectivity index (χ0v) is 19.4. The molecule has 3 rings (SSSR count). The first-order valence-corrected chi connectivity index (χ1v) is 13.7. The van der Waals surface area contributed by atoms with E-state index in [4.69, 9.17) is 26.0 Å². The van der Waals surface area contributed by atoms with Crippen LogP contribution < -0.4 is 16.8 Å². The number of rotatable bonds is 8. The molecule has 0 saturated carbocycles. The van der Waals surface area contributed by atoms with Gasteiger partial charge in [0.05, 0.1) is 31.2 Å². The minimum absolute atomic E-state index is 0.147. The van der Waals surface area contributed by atoms with Crippen LogP contribution in [0.4, 0.5) is 5.82 Å². The number of hydrogen-bond donors (Lipinski definition) is 7. The van der Waals surface area contributed by atoms with Crippen molar-refractivity contribution < 1.29 is 51.2 Å². The average molecular weight is 529 g/mol. The second-order valence-electron chi connectivity index (χ2n) is 6.76. The highest BCUT2D eigenvalue weighted by molar-refractivity contribution is 7.66. The average Bonchev–Trinajstić information content (AvgIpc) is 3.27. The summed E-state index contributed by atoms with van der Waals surface area (Å²) in [5.74, 6) is 6.29. The fourth-order valence-corrected chi connectivity index (χ4v) is 6.26. The number of ether oxygens (including phenoxy) is 1. The van der Waals surface area contributed by atoms with Gasteiger partial charge in [0.1, 0.15) is 18.2 Å². The van der Waals surface area contributed by atoms with Gasteiger partial charge in [0, 0.05) is 11.8 Å². The summed E-state index contributed by atoms with van der Waals surface area (Å²) in [6.45, 7) is -0.383. The van der Waals surface area contributed by atoms with Gasteiger partial charge in [0.25, 0.3) is 0 Å². The molecule has 0 aliphatic carbocycles. The molecule has 5 atom stereocenters. The number of nitrogens with one attached hydrogen (secondary N) is 1. The van der Waals surface area contributed by atoms with Crippen molar-refractivity contribution in [3.8, 4) is 11.8 Å². The molecule has 2 aliphatic heterocycles. The summed E-state index contributed by atoms with van der Waals surface area (Å²) in [6.07, 6.45) is 2.08. The van der Waals surface area contributed by atoms with Crippen molar-refractivity contribution in [3.63, 3.8) is 0 Å². The standard InChI is InChI=1S/C14H22N5O11P3/c15-5-1-2-9-6-19(14-12(9)13(16)17-8-18-14)11-4-3-10(28-11)7-27-32(23,24)30-33(25,26)29-31(20,21)22/h6,8,10-11,13H,3-5,7,15-16H2,(H,17,18)(H,23,24)(H,25,26)(H2,20,21,22)/t10-,11+,13?/m0/s1. The van der Waals surface area contributed by atoms with Crippen LogP contribution in [0.15, 0.2) is 11.2 Å². The molecular formula is C14H22N5O11P3. The maximum Gasteiger partial charge on any atom is 0.490 e. The first-order valence-electron chi connectivity index (χ1n) is 9.21. The van der Waals surface area contributed by atoms with Crippen LogP contribution in [-0.2, 0) is 31.6 Å². The van der Waals surface area contributed by atoms with Crippen molar-refractivity contribution in [2.75, 3.05) is 18.5 Å². The third-order valence-electron chi connectivity index (χ3n) is 4.36. The Morgan fingerprint density at radius 2 is 1.94 bits per heavy atom. The van der Waals surface area contributed by atoms with Gasteiger partial charge in [-0.1, -0.05) is 11.8 Å². The van der Waals surface area contributed by atoms with E-state index >= 15 is 0 Å². The van der Waals surface area contributed by atoms with Gasteiger partial charge in [-0.2, -0.15) is 8.62 Å². The molecule has 0 spiro atoms. The van der Waals surface area contributed by atoms with E-state index in [9.17, 15) is 23.5 Å². The van der Waals surface area contributed by atoms with Crippen molar-refractivity contribution in [2.45, 2.75) is 31.3 Å². The molecule has 19 heteroatoms. The predicted molar refractivity (Wildman–Crippen MR) is 112 cm³/mol. The van der Waals surface area contributed by atoms with Gasteiger partial charge in [-0.25, -0.2) is 13.7 Å². The van der Waals surface area contributed by atoms with Crippen LogP contribution in [0.1, 0.15) is 36.4 Å². The van der Waals surface area contributed by atoms with Crippen LogP contribution in [0.5, 0.6) is 0 Å². The van der Waals surface area contributed by atoms with Gasteiger partial charge < -0.3 is 45.7 Å². The monoisotopic (exact) mass is 529 g/mol. The fourth-order valence-electron chi connectivity index (χ4n) is 3.21. The Labute approximate surface area is 187 Å². The molecule has 1 aromatic rings. The van der Waals surface area contributed by atoms with E-state index in [1.807, 2.05) is 0 Å². The summed E-state index contributed by atoms with van der Waals surface area (Å²) in [7, 11) is -16.3. The van der Waals surface area contributed by atoms with Gasteiger partial charge >= 0.3 is 23.5 Å². The topological polar surface area (TPSA) is 250 Å². The lowest BCUT2D eigenvalue weighted by molar-refractivity contribution is -0.0210. The molecule has 0 aromatic carbocycles. The smallest absolute Gasteiger partial charge is 0.352 e. The SMILES string of the molecule is NCC#Cc1cn([C@H]2CC[C@@H](COP(=O)(O)OP(=O)(O)OP(=O)(O)O)O2)c2c1C(N)N=CN2. The van der Waals surface area contributed by atoms with Gasteiger partial charge in [0.2, 0.25) is 0 Å². The molecule has 9 N–H and O–H groups in total. The van der Waals surface area contributed by atoms with Crippen molar-refractivity contribution in [3.05, 3.63) is 17.3 Å². The van der Waals surface area contributed by atoms with E-state index < -0.39 is 48.6 Å². The lowest BCUT2D eigenvalue weighted by Gasteiger charge is -2.21. The number of fused-ring (bicyclic) bond motifs is 1. The molecule has 184 valence electrons. The number of nitrogens with zero attached hydrogens (tertiary/aromatic N) is 2. The molecule has 1 aromatic heterocycles. The molecule has 16 nitrogen and oxygen atoms in total. The molecule has 3 unspecified atom stereocenters. The highest BCUT2D eigenvalue weighted by Crippen LogP contribution is 2.66. The Morgan fingerprint density at radius 1 is 1.21 bits per heavy atom. The Balaban J connectivity index is 1.65. The van der Waals surface area contributed by atoms with Crippen LogP contribution in [0.25, 0.3) is 0 Å². The molecule has 0 radical (unpaired) electrons. The maximum absolute atomic E-state index is 11.9. The number of aliphatic imine (C=N–C) groups is 1. The van der Waals surface area contributed by atoms with Crippen LogP contribution in [0, 0.1) is 11.8 Å². The number of phosphoric acid groups is 3. The lowest BCUT2D eigenvalue weighted by atomic mass is 10.1. The van der Waals surface area contributed by atoms with Crippen LogP contribution in [-0.4, -0.2) is 49.7 Å². The Morgan fingerprint density at radius 3 is 2.61 bits per heavy atom. The molecule has 1 fully saturated rings. The lowest BCUT2D eigenvalue weighted by Crippen LogP contribution is -2.21. The van der Waals surface area contributed by atoms with Crippen molar-refractivity contribution in [1.82, 2.24) is 4.57 Å². The second-order valence-corrected chi connectivity index (χ2v) is 11.2. The van der Waals surface area contributed by atoms with E-state index in [1.165, 1.54) is 6.34 Å². The normalized spacial score (nSPS) is 25.9. The third-order valence-corrected chi connectivity index (χ3v) is 8.17. The highest BCUT2D eigenvalue weighted by atomic mass is 31.3. The molecule has 0 amide bonds. The first kappa shape index (κ1) is 26.2. The van der Waals surface area contributed by atoms with Crippen LogP contribution >= 0.6 is 23.5 Å². The van der Waals surface area contributed by atoms with Crippen molar-refractivity contribution >= 4 is 35.6 Å². The van der Waals surface area contributed by atoms with Gasteiger partial charge in [-0.15, -0.1) is 0 Å². The summed E-state index contributed by atoms with van der Waals surface area (Å²) in [6, 6.07) is 0. The third kappa shape index (κ3) is 7.05. The van der Waals surface area contributed by atoms with Crippen LogP contribution in [0.3, 0.4) is 0 Å². The van der Waals surface area contributed by atoms with E-state index in [2.05, 4.69) is 35.3 Å². The van der Waals surface area contributed by atoms with Gasteiger partial charge in [-0.3, -0.25) is 9.52 Å². The van der Waals surface area contributed by atoms with E-state index in [0.717, 1.165) is 0 Å². The van der Waals surface area contributed by atoms with Crippen LogP contribution in [0.2, 0.25) is 0 Å². The number of nitrogens with two attached hydrogens (primary N) is 2. The summed E-state index contributed by atoms with van der Waals surface area (Å²) in [4.78, 5) is 40.0. The van der Waals surface area contributed by atoms with E-state index in [1.54, 1.807) is 10.8 Å². The van der Waals surface area contributed by atoms with E-state index in [-0.39, 0.29) is 6.54 Å². The quantitative estimate of drug-likeness (QED) is 0.176. The summed E-state index contributed by atoms with van der Waals surface area (Å²) in [5.41, 5.74) is 12.8. The first-order chi connectivity index (χ1) is 15.3. The second kappa shape index (κ2) is 10.1. The van der Waals surface area contributed by atoms with Gasteiger partial charge in [-0.05, 0) is 12.8 Å². The van der Waals surface area contributed by atoms with Crippen molar-refractivity contribution in [1.29, 1.82) is 0 Å². The zero-order valence-electron chi connectivity index (χ0n) is 16.8. The summed E-state index contributed by atoms with van der Waals surface area (Å²) < 4.78 is 53.5. The Kier molecular flexibility index (Phi) is 8.00. The molecule has 1 saturated heterocycles. The molecule has 2 aliphatic rings. The number of aromatic nitrogens is 1. The number of phosphoric ester groups is 1. The molecular weight excluding hydrogens is 507 g/mol. The summed E-state index contributed by atoms with van der Waals surface area (Å²) in [5, 5.41) is 2.99. The van der Waals surface area contributed by atoms with Crippen molar-refractivity contribution in [2.24, 2.45) is 16.5 Å². The number of hydrogen-bond acceptors (Lipinski definition) is 11. The summed E-state index contributed by atoms with van der Waals surface area (Å²) >= 11 is 0. The Hall–Kier alpha value is -1.40. The predicted octanol–water partition coefficient (Wildman–Crippen LogP) is 0.230. The van der Waals surface area contributed by atoms with Gasteiger partial charge in [0.15, 0.2) is 0 Å². The largest absolute Gasteiger partial charge is 0.490 e.